The molecule has 0 saturated carbocycles. The number of nitrogens with zero attached hydrogens (tertiary/aromatic N) is 3. The fourth-order valence-corrected chi connectivity index (χ4v) is 1.70. The number of amides is 1. The Hall–Kier alpha value is -1.66. The lowest BCUT2D eigenvalue weighted by Gasteiger charge is -2.05. The molecule has 0 unspecified atom stereocenters. The molecule has 0 atom stereocenters. The number of halogens is 2. The van der Waals surface area contributed by atoms with Gasteiger partial charge in [0.1, 0.15) is 10.3 Å². The van der Waals surface area contributed by atoms with E-state index in [0.29, 0.717) is 18.8 Å². The van der Waals surface area contributed by atoms with Gasteiger partial charge in [-0.3, -0.25) is 4.79 Å². The first-order valence-corrected chi connectivity index (χ1v) is 5.78. The van der Waals surface area contributed by atoms with Crippen LogP contribution in [0.15, 0.2) is 23.0 Å². The maximum Gasteiger partial charge on any atom is 0.254 e. The van der Waals surface area contributed by atoms with Gasteiger partial charge in [0.05, 0.1) is 5.56 Å². The zero-order valence-corrected chi connectivity index (χ0v) is 10.6. The molecule has 1 N–H and O–H groups in total. The van der Waals surface area contributed by atoms with E-state index in [1.54, 1.807) is 0 Å². The van der Waals surface area contributed by atoms with Gasteiger partial charge in [-0.25, -0.2) is 4.98 Å². The summed E-state index contributed by atoms with van der Waals surface area (Å²) < 4.78 is 4.57. The molecule has 2 aromatic heterocycles. The summed E-state index contributed by atoms with van der Waals surface area (Å²) in [6, 6.07) is 3.02. The third-order valence-corrected chi connectivity index (χ3v) is 2.60. The molecule has 18 heavy (non-hydrogen) atoms. The van der Waals surface area contributed by atoms with Crippen molar-refractivity contribution in [2.24, 2.45) is 0 Å². The predicted molar refractivity (Wildman–Crippen MR) is 64.6 cm³/mol. The quantitative estimate of drug-likeness (QED) is 0.866. The van der Waals surface area contributed by atoms with Gasteiger partial charge in [0.2, 0.25) is 6.39 Å². The van der Waals surface area contributed by atoms with Crippen molar-refractivity contribution in [2.45, 2.75) is 6.42 Å². The SMILES string of the molecule is O=C(NCCc1ncon1)c1ccc(Cl)nc1Cl. The van der Waals surface area contributed by atoms with Gasteiger partial charge in [0.25, 0.3) is 5.91 Å². The van der Waals surface area contributed by atoms with Gasteiger partial charge in [0, 0.05) is 13.0 Å². The van der Waals surface area contributed by atoms with Crippen molar-refractivity contribution in [3.63, 3.8) is 0 Å². The molecule has 2 heterocycles. The minimum absolute atomic E-state index is 0.0690. The first-order valence-electron chi connectivity index (χ1n) is 5.02. The Bertz CT molecular complexity index is 545. The topological polar surface area (TPSA) is 80.9 Å². The molecule has 0 aliphatic carbocycles. The van der Waals surface area contributed by atoms with Crippen LogP contribution >= 0.6 is 23.2 Å². The summed E-state index contributed by atoms with van der Waals surface area (Å²) in [6.07, 6.45) is 1.71. The van der Waals surface area contributed by atoms with Crippen LogP contribution in [0, 0.1) is 0 Å². The van der Waals surface area contributed by atoms with Crippen LogP contribution in [-0.4, -0.2) is 27.6 Å². The molecule has 0 saturated heterocycles. The number of carbonyl (C=O) groups excluding carboxylic acids is 1. The maximum atomic E-state index is 11.8. The summed E-state index contributed by atoms with van der Waals surface area (Å²) in [5.41, 5.74) is 0.272. The van der Waals surface area contributed by atoms with Gasteiger partial charge in [0.15, 0.2) is 5.82 Å². The third kappa shape index (κ3) is 3.18. The average molecular weight is 287 g/mol. The minimum atomic E-state index is -0.326. The highest BCUT2D eigenvalue weighted by Crippen LogP contribution is 2.16. The molecule has 2 aromatic rings. The second-order valence-corrected chi connectivity index (χ2v) is 4.07. The van der Waals surface area contributed by atoms with E-state index >= 15 is 0 Å². The van der Waals surface area contributed by atoms with Crippen LogP contribution in [0.4, 0.5) is 0 Å². The second kappa shape index (κ2) is 5.79. The largest absolute Gasteiger partial charge is 0.351 e. The number of aromatic nitrogens is 3. The number of carbonyl (C=O) groups is 1. The van der Waals surface area contributed by atoms with E-state index in [-0.39, 0.29) is 21.8 Å². The average Bonchev–Trinajstić information content (AvgIpc) is 2.81. The molecule has 6 nitrogen and oxygen atoms in total. The molecule has 0 fully saturated rings. The Morgan fingerprint density at radius 2 is 2.22 bits per heavy atom. The van der Waals surface area contributed by atoms with Gasteiger partial charge >= 0.3 is 0 Å². The van der Waals surface area contributed by atoms with E-state index in [1.807, 2.05) is 0 Å². The molecular weight excluding hydrogens is 279 g/mol. The van der Waals surface area contributed by atoms with Gasteiger partial charge in [-0.05, 0) is 12.1 Å². The molecule has 2 rings (SSSR count). The van der Waals surface area contributed by atoms with E-state index in [9.17, 15) is 4.79 Å². The summed E-state index contributed by atoms with van der Waals surface area (Å²) in [4.78, 5) is 19.4. The summed E-state index contributed by atoms with van der Waals surface area (Å²) >= 11 is 11.4. The van der Waals surface area contributed by atoms with Gasteiger partial charge in [-0.1, -0.05) is 28.4 Å². The van der Waals surface area contributed by atoms with Gasteiger partial charge in [-0.2, -0.15) is 4.98 Å². The van der Waals surface area contributed by atoms with Crippen molar-refractivity contribution in [1.82, 2.24) is 20.4 Å². The monoisotopic (exact) mass is 286 g/mol. The molecule has 94 valence electrons. The van der Waals surface area contributed by atoms with Crippen molar-refractivity contribution < 1.29 is 9.32 Å². The lowest BCUT2D eigenvalue weighted by atomic mass is 10.2. The molecule has 0 radical (unpaired) electrons. The van der Waals surface area contributed by atoms with Gasteiger partial charge < -0.3 is 9.84 Å². The lowest BCUT2D eigenvalue weighted by molar-refractivity contribution is 0.0953. The summed E-state index contributed by atoms with van der Waals surface area (Å²) in [5, 5.41) is 6.60. The number of pyridine rings is 1. The number of rotatable bonds is 4. The summed E-state index contributed by atoms with van der Waals surface area (Å²) in [6.45, 7) is 0.372. The van der Waals surface area contributed by atoms with Crippen LogP contribution < -0.4 is 5.32 Å². The van der Waals surface area contributed by atoms with Crippen molar-refractivity contribution in [1.29, 1.82) is 0 Å². The Morgan fingerprint density at radius 1 is 1.39 bits per heavy atom. The fraction of sp³-hybridized carbons (Fsp3) is 0.200. The lowest BCUT2D eigenvalue weighted by Crippen LogP contribution is -2.26. The minimum Gasteiger partial charge on any atom is -0.351 e. The Balaban J connectivity index is 1.91. The Kier molecular flexibility index (Phi) is 4.11. The van der Waals surface area contributed by atoms with Crippen LogP contribution in [0.1, 0.15) is 16.2 Å². The predicted octanol–water partition coefficient (Wildman–Crippen LogP) is 1.74. The van der Waals surface area contributed by atoms with Crippen LogP contribution in [0.5, 0.6) is 0 Å². The first-order chi connectivity index (χ1) is 8.66. The van der Waals surface area contributed by atoms with Crippen LogP contribution in [0.2, 0.25) is 10.3 Å². The fourth-order valence-electron chi connectivity index (χ4n) is 1.27. The third-order valence-electron chi connectivity index (χ3n) is 2.10. The standard InChI is InChI=1S/C10H8Cl2N4O2/c11-7-2-1-6(9(12)15-7)10(17)13-4-3-8-14-5-18-16-8/h1-2,5H,3-4H2,(H,13,17). The molecule has 0 spiro atoms. The van der Waals surface area contributed by atoms with Crippen LogP contribution in [-0.2, 0) is 6.42 Å². The van der Waals surface area contributed by atoms with E-state index in [1.165, 1.54) is 18.5 Å². The zero-order valence-electron chi connectivity index (χ0n) is 9.06. The van der Waals surface area contributed by atoms with E-state index in [2.05, 4.69) is 25.0 Å². The van der Waals surface area contributed by atoms with Crippen molar-refractivity contribution >= 4 is 29.1 Å². The first kappa shape index (κ1) is 12.8. The molecule has 0 aliphatic rings. The highest BCUT2D eigenvalue weighted by molar-refractivity contribution is 6.34. The molecule has 1 amide bonds. The molecular formula is C10H8Cl2N4O2. The number of hydrogen-bond acceptors (Lipinski definition) is 5. The van der Waals surface area contributed by atoms with Crippen molar-refractivity contribution in [3.05, 3.63) is 40.2 Å². The summed E-state index contributed by atoms with van der Waals surface area (Å²) in [5.74, 6) is 0.197. The van der Waals surface area contributed by atoms with Gasteiger partial charge in [-0.15, -0.1) is 0 Å². The van der Waals surface area contributed by atoms with Crippen molar-refractivity contribution in [3.8, 4) is 0 Å². The molecule has 0 aliphatic heterocycles. The van der Waals surface area contributed by atoms with E-state index < -0.39 is 0 Å². The smallest absolute Gasteiger partial charge is 0.254 e. The maximum absolute atomic E-state index is 11.8. The Labute approximate surface area is 112 Å². The Morgan fingerprint density at radius 3 is 2.89 bits per heavy atom. The molecule has 0 aromatic carbocycles. The van der Waals surface area contributed by atoms with E-state index in [4.69, 9.17) is 23.2 Å². The number of hydrogen-bond donors (Lipinski definition) is 1. The normalized spacial score (nSPS) is 10.3. The highest BCUT2D eigenvalue weighted by atomic mass is 35.5. The van der Waals surface area contributed by atoms with Crippen molar-refractivity contribution in [2.75, 3.05) is 6.54 Å². The second-order valence-electron chi connectivity index (χ2n) is 3.33. The van der Waals surface area contributed by atoms with Crippen LogP contribution in [0.3, 0.4) is 0 Å². The van der Waals surface area contributed by atoms with Crippen LogP contribution in [0.25, 0.3) is 0 Å². The summed E-state index contributed by atoms with van der Waals surface area (Å²) in [7, 11) is 0. The zero-order chi connectivity index (χ0) is 13.0. The molecule has 8 heteroatoms. The number of nitrogens with one attached hydrogen (secondary N) is 1. The highest BCUT2D eigenvalue weighted by Gasteiger charge is 2.11. The van der Waals surface area contributed by atoms with E-state index in [0.717, 1.165) is 0 Å². The molecule has 0 bridgehead atoms.